The molecule has 0 atom stereocenters. The van der Waals surface area contributed by atoms with Crippen molar-refractivity contribution >= 4 is 6.16 Å². The van der Waals surface area contributed by atoms with Crippen molar-refractivity contribution in [3.05, 3.63) is 0 Å². The van der Waals surface area contributed by atoms with Crippen molar-refractivity contribution in [1.29, 1.82) is 10.5 Å². The minimum atomic E-state index is -1.71. The Hall–Kier alpha value is -1.75. The molecule has 5 nitrogen and oxygen atoms in total. The molecule has 1 rings (SSSR count). The highest BCUT2D eigenvalue weighted by Crippen LogP contribution is 2.17. The number of carbonyl (C=O) groups is 1. The molecule has 50 valence electrons. The van der Waals surface area contributed by atoms with E-state index in [1.54, 1.807) is 0 Å². The molecular weight excluding hydrogens is 136 g/mol. The van der Waals surface area contributed by atoms with Crippen molar-refractivity contribution in [2.24, 2.45) is 0 Å². The number of nitrogens with zero attached hydrogens (tertiary/aromatic N) is 2. The maximum absolute atomic E-state index is 10.2. The Morgan fingerprint density at radius 3 is 2.30 bits per heavy atom. The van der Waals surface area contributed by atoms with E-state index in [4.69, 9.17) is 10.5 Å². The monoisotopic (exact) mass is 138 g/mol. The molecule has 0 aromatic heterocycles. The first-order valence-corrected chi connectivity index (χ1v) is 2.41. The van der Waals surface area contributed by atoms with Crippen LogP contribution in [0.1, 0.15) is 0 Å². The van der Waals surface area contributed by atoms with E-state index in [1.165, 1.54) is 12.1 Å². The number of ether oxygens (including phenoxy) is 2. The van der Waals surface area contributed by atoms with Crippen molar-refractivity contribution in [2.45, 2.75) is 5.60 Å². The summed E-state index contributed by atoms with van der Waals surface area (Å²) in [4.78, 5) is 10.2. The first-order chi connectivity index (χ1) is 4.72. The van der Waals surface area contributed by atoms with E-state index in [9.17, 15) is 4.79 Å². The standard InChI is InChI=1S/C5H2N2O3/c6-1-5(2-7)3-9-4(8)10-5/h3H2. The SMILES string of the molecule is N#CC1(C#N)COC(=O)O1. The highest BCUT2D eigenvalue weighted by molar-refractivity contribution is 5.64. The molecule has 5 heteroatoms. The van der Waals surface area contributed by atoms with Gasteiger partial charge in [0.15, 0.2) is 6.61 Å². The highest BCUT2D eigenvalue weighted by Gasteiger charge is 2.43. The van der Waals surface area contributed by atoms with Crippen LogP contribution in [-0.4, -0.2) is 18.4 Å². The maximum atomic E-state index is 10.2. The summed E-state index contributed by atoms with van der Waals surface area (Å²) in [7, 11) is 0. The molecule has 1 heterocycles. The van der Waals surface area contributed by atoms with Crippen LogP contribution in [0.3, 0.4) is 0 Å². The molecule has 0 spiro atoms. The number of hydrogen-bond acceptors (Lipinski definition) is 5. The summed E-state index contributed by atoms with van der Waals surface area (Å²) in [5.41, 5.74) is -1.71. The molecule has 0 radical (unpaired) electrons. The van der Waals surface area contributed by atoms with Gasteiger partial charge in [0.2, 0.25) is 0 Å². The molecule has 1 aliphatic rings. The van der Waals surface area contributed by atoms with Gasteiger partial charge in [-0.15, -0.1) is 0 Å². The zero-order valence-electron chi connectivity index (χ0n) is 4.83. The fourth-order valence-corrected chi connectivity index (χ4v) is 0.497. The van der Waals surface area contributed by atoms with E-state index in [0.717, 1.165) is 0 Å². The first kappa shape index (κ1) is 6.37. The van der Waals surface area contributed by atoms with Crippen LogP contribution < -0.4 is 0 Å². The van der Waals surface area contributed by atoms with Gasteiger partial charge in [-0.05, 0) is 0 Å². The largest absolute Gasteiger partial charge is 0.511 e. The van der Waals surface area contributed by atoms with Crippen LogP contribution in [0.5, 0.6) is 0 Å². The van der Waals surface area contributed by atoms with Crippen molar-refractivity contribution in [1.82, 2.24) is 0 Å². The van der Waals surface area contributed by atoms with Crippen molar-refractivity contribution in [3.63, 3.8) is 0 Å². The summed E-state index contributed by atoms with van der Waals surface area (Å²) in [5, 5.41) is 16.6. The van der Waals surface area contributed by atoms with Crippen molar-refractivity contribution in [3.8, 4) is 12.1 Å². The second-order valence-electron chi connectivity index (χ2n) is 1.69. The number of nitriles is 2. The lowest BCUT2D eigenvalue weighted by molar-refractivity contribution is 0.114. The van der Waals surface area contributed by atoms with Crippen LogP contribution in [0.4, 0.5) is 4.79 Å². The molecule has 0 saturated carbocycles. The zero-order valence-corrected chi connectivity index (χ0v) is 4.83. The van der Waals surface area contributed by atoms with Crippen molar-refractivity contribution in [2.75, 3.05) is 6.61 Å². The van der Waals surface area contributed by atoms with Gasteiger partial charge in [0, 0.05) is 0 Å². The minimum absolute atomic E-state index is 0.307. The second kappa shape index (κ2) is 1.89. The molecule has 0 amide bonds. The average Bonchev–Trinajstić information content (AvgIpc) is 2.33. The summed E-state index contributed by atoms with van der Waals surface area (Å²) >= 11 is 0. The number of rotatable bonds is 0. The first-order valence-electron chi connectivity index (χ1n) is 2.41. The molecule has 0 aliphatic carbocycles. The fourth-order valence-electron chi connectivity index (χ4n) is 0.497. The van der Waals surface area contributed by atoms with Crippen LogP contribution in [0, 0.1) is 22.7 Å². The van der Waals surface area contributed by atoms with Gasteiger partial charge in [-0.1, -0.05) is 0 Å². The summed E-state index contributed by atoms with van der Waals surface area (Å²) < 4.78 is 8.51. The van der Waals surface area contributed by atoms with E-state index >= 15 is 0 Å². The zero-order chi connectivity index (χ0) is 7.61. The number of hydrogen-bond donors (Lipinski definition) is 0. The number of carbonyl (C=O) groups excluding carboxylic acids is 1. The Balaban J connectivity index is 2.84. The molecular formula is C5H2N2O3. The lowest BCUT2D eigenvalue weighted by atomic mass is 10.1. The summed E-state index contributed by atoms with van der Waals surface area (Å²) in [6.45, 7) is -0.307. The third kappa shape index (κ3) is 0.741. The van der Waals surface area contributed by atoms with E-state index in [-0.39, 0.29) is 6.61 Å². The quantitative estimate of drug-likeness (QED) is 0.438. The molecule has 0 bridgehead atoms. The van der Waals surface area contributed by atoms with Crippen LogP contribution in [0.2, 0.25) is 0 Å². The van der Waals surface area contributed by atoms with Gasteiger partial charge < -0.3 is 9.47 Å². The Morgan fingerprint density at radius 1 is 1.50 bits per heavy atom. The molecule has 1 aliphatic heterocycles. The topological polar surface area (TPSA) is 83.1 Å². The second-order valence-corrected chi connectivity index (χ2v) is 1.69. The highest BCUT2D eigenvalue weighted by atomic mass is 16.8. The third-order valence-corrected chi connectivity index (χ3v) is 1.01. The smallest absolute Gasteiger partial charge is 0.428 e. The average molecular weight is 138 g/mol. The Morgan fingerprint density at radius 2 is 2.10 bits per heavy atom. The minimum Gasteiger partial charge on any atom is -0.428 e. The molecule has 1 saturated heterocycles. The van der Waals surface area contributed by atoms with Crippen LogP contribution >= 0.6 is 0 Å². The van der Waals surface area contributed by atoms with E-state index in [0.29, 0.717) is 0 Å². The van der Waals surface area contributed by atoms with Gasteiger partial charge in [0.25, 0.3) is 0 Å². The summed E-state index contributed by atoms with van der Waals surface area (Å²) in [6.07, 6.45) is -0.969. The van der Waals surface area contributed by atoms with Gasteiger partial charge in [-0.2, -0.15) is 10.5 Å². The summed E-state index contributed by atoms with van der Waals surface area (Å²) in [6, 6.07) is 3.06. The van der Waals surface area contributed by atoms with Crippen molar-refractivity contribution < 1.29 is 14.3 Å². The lowest BCUT2D eigenvalue weighted by Crippen LogP contribution is -2.26. The van der Waals surface area contributed by atoms with E-state index in [1.807, 2.05) is 0 Å². The van der Waals surface area contributed by atoms with Gasteiger partial charge in [0.1, 0.15) is 12.1 Å². The van der Waals surface area contributed by atoms with Gasteiger partial charge in [-0.3, -0.25) is 0 Å². The van der Waals surface area contributed by atoms with Gasteiger partial charge in [-0.25, -0.2) is 4.79 Å². The molecule has 1 fully saturated rings. The summed E-state index contributed by atoms with van der Waals surface area (Å²) in [5.74, 6) is 0. The van der Waals surface area contributed by atoms with E-state index < -0.39 is 11.8 Å². The molecule has 0 aromatic rings. The van der Waals surface area contributed by atoms with Crippen LogP contribution in [-0.2, 0) is 9.47 Å². The third-order valence-electron chi connectivity index (χ3n) is 1.01. The molecule has 10 heavy (non-hydrogen) atoms. The maximum Gasteiger partial charge on any atom is 0.511 e. The molecule has 0 N–H and O–H groups in total. The Kier molecular flexibility index (Phi) is 1.20. The van der Waals surface area contributed by atoms with Gasteiger partial charge in [0.05, 0.1) is 0 Å². The number of cyclic esters (lactones) is 2. The van der Waals surface area contributed by atoms with Gasteiger partial charge >= 0.3 is 11.8 Å². The Labute approximate surface area is 56.4 Å². The van der Waals surface area contributed by atoms with Crippen LogP contribution in [0.25, 0.3) is 0 Å². The van der Waals surface area contributed by atoms with Crippen LogP contribution in [0.15, 0.2) is 0 Å². The predicted molar refractivity (Wildman–Crippen MR) is 26.4 cm³/mol. The molecule has 0 aromatic carbocycles. The fraction of sp³-hybridized carbons (Fsp3) is 0.400. The Bertz CT molecular complexity index is 233. The lowest BCUT2D eigenvalue weighted by Gasteiger charge is -2.02. The molecule has 0 unspecified atom stereocenters. The predicted octanol–water partition coefficient (Wildman–Crippen LogP) is -0.0608. The van der Waals surface area contributed by atoms with E-state index in [2.05, 4.69) is 9.47 Å². The normalized spacial score (nSPS) is 20.0.